The molecule has 2 aromatic rings. The molecule has 0 bridgehead atoms. The van der Waals surface area contributed by atoms with Crippen molar-refractivity contribution in [3.8, 4) is 0 Å². The summed E-state index contributed by atoms with van der Waals surface area (Å²) in [6.45, 7) is 3.52. The summed E-state index contributed by atoms with van der Waals surface area (Å²) in [7, 11) is 0. The molecule has 7 heteroatoms. The second kappa shape index (κ2) is 8.62. The van der Waals surface area contributed by atoms with Gasteiger partial charge < -0.3 is 10.1 Å². The number of esters is 1. The number of rotatable bonds is 6. The maximum atomic E-state index is 13.1. The Morgan fingerprint density at radius 3 is 2.36 bits per heavy atom. The molecule has 2 aromatic carbocycles. The van der Waals surface area contributed by atoms with Crippen LogP contribution in [0.5, 0.6) is 0 Å². The third kappa shape index (κ3) is 5.86. The standard InChI is InChI=1S/C18H17F2NO3S/c1-11(2)24-18(23)12-3-5-13(6-4-12)21-17(22)10-25-14-7-8-15(19)16(20)9-14/h3-9,11H,10H2,1-2H3,(H,21,22). The highest BCUT2D eigenvalue weighted by molar-refractivity contribution is 8.00. The van der Waals surface area contributed by atoms with Crippen LogP contribution in [0.3, 0.4) is 0 Å². The summed E-state index contributed by atoms with van der Waals surface area (Å²) >= 11 is 1.09. The van der Waals surface area contributed by atoms with E-state index in [0.717, 1.165) is 23.9 Å². The predicted molar refractivity (Wildman–Crippen MR) is 92.7 cm³/mol. The zero-order valence-corrected chi connectivity index (χ0v) is 14.5. The van der Waals surface area contributed by atoms with E-state index in [1.165, 1.54) is 6.07 Å². The van der Waals surface area contributed by atoms with Gasteiger partial charge in [0.2, 0.25) is 5.91 Å². The molecule has 0 atom stereocenters. The van der Waals surface area contributed by atoms with E-state index in [0.29, 0.717) is 16.1 Å². The summed E-state index contributed by atoms with van der Waals surface area (Å²) in [6.07, 6.45) is -0.208. The second-order valence-electron chi connectivity index (χ2n) is 5.44. The molecule has 0 heterocycles. The van der Waals surface area contributed by atoms with E-state index in [-0.39, 0.29) is 17.8 Å². The number of halogens is 2. The van der Waals surface area contributed by atoms with Gasteiger partial charge in [-0.3, -0.25) is 4.79 Å². The molecule has 0 unspecified atom stereocenters. The number of hydrogen-bond donors (Lipinski definition) is 1. The molecule has 2 rings (SSSR count). The first-order valence-electron chi connectivity index (χ1n) is 7.54. The zero-order valence-electron chi connectivity index (χ0n) is 13.7. The minimum absolute atomic E-state index is 0.0439. The molecule has 0 aromatic heterocycles. The molecule has 0 fully saturated rings. The molecule has 0 spiro atoms. The minimum Gasteiger partial charge on any atom is -0.459 e. The fraction of sp³-hybridized carbons (Fsp3) is 0.222. The van der Waals surface area contributed by atoms with Crippen molar-refractivity contribution in [2.45, 2.75) is 24.8 Å². The van der Waals surface area contributed by atoms with Gasteiger partial charge >= 0.3 is 5.97 Å². The Kier molecular flexibility index (Phi) is 6.52. The van der Waals surface area contributed by atoms with Crippen LogP contribution in [0, 0.1) is 11.6 Å². The third-order valence-corrected chi connectivity index (χ3v) is 4.00. The number of carbonyl (C=O) groups excluding carboxylic acids is 2. The van der Waals surface area contributed by atoms with E-state index in [2.05, 4.69) is 5.32 Å². The Morgan fingerprint density at radius 2 is 1.76 bits per heavy atom. The third-order valence-electron chi connectivity index (χ3n) is 3.01. The monoisotopic (exact) mass is 365 g/mol. The number of nitrogens with one attached hydrogen (secondary N) is 1. The second-order valence-corrected chi connectivity index (χ2v) is 6.49. The van der Waals surface area contributed by atoms with Crippen LogP contribution in [0.25, 0.3) is 0 Å². The normalized spacial score (nSPS) is 10.6. The molecule has 4 nitrogen and oxygen atoms in total. The Labute approximate surface area is 148 Å². The average molecular weight is 365 g/mol. The minimum atomic E-state index is -0.950. The molecule has 25 heavy (non-hydrogen) atoms. The number of anilines is 1. The van der Waals surface area contributed by atoms with Gasteiger partial charge in [0.1, 0.15) is 0 Å². The van der Waals surface area contributed by atoms with Crippen molar-refractivity contribution in [3.63, 3.8) is 0 Å². The van der Waals surface area contributed by atoms with Crippen molar-refractivity contribution in [2.24, 2.45) is 0 Å². The van der Waals surface area contributed by atoms with Crippen molar-refractivity contribution < 1.29 is 23.1 Å². The first kappa shape index (κ1) is 18.9. The van der Waals surface area contributed by atoms with Gasteiger partial charge in [-0.05, 0) is 56.3 Å². The first-order chi connectivity index (χ1) is 11.8. The highest BCUT2D eigenvalue weighted by Gasteiger charge is 2.10. The van der Waals surface area contributed by atoms with Gasteiger partial charge in [-0.15, -0.1) is 11.8 Å². The summed E-state index contributed by atoms with van der Waals surface area (Å²) in [6, 6.07) is 9.78. The summed E-state index contributed by atoms with van der Waals surface area (Å²) in [5.74, 6) is -2.56. The van der Waals surface area contributed by atoms with Crippen LogP contribution >= 0.6 is 11.8 Å². The number of benzene rings is 2. The van der Waals surface area contributed by atoms with Crippen molar-refractivity contribution in [2.75, 3.05) is 11.1 Å². The first-order valence-corrected chi connectivity index (χ1v) is 8.52. The predicted octanol–water partition coefficient (Wildman–Crippen LogP) is 4.26. The molecule has 1 amide bonds. The molecule has 132 valence electrons. The van der Waals surface area contributed by atoms with Crippen molar-refractivity contribution in [3.05, 3.63) is 59.7 Å². The van der Waals surface area contributed by atoms with Crippen LogP contribution in [0.1, 0.15) is 24.2 Å². The summed E-state index contributed by atoms with van der Waals surface area (Å²) in [4.78, 5) is 24.1. The van der Waals surface area contributed by atoms with E-state index in [9.17, 15) is 18.4 Å². The fourth-order valence-corrected chi connectivity index (χ4v) is 2.61. The van der Waals surface area contributed by atoms with Gasteiger partial charge in [0.25, 0.3) is 0 Å². The molecule has 0 saturated carbocycles. The summed E-state index contributed by atoms with van der Waals surface area (Å²) in [5, 5.41) is 2.67. The molecular weight excluding hydrogens is 348 g/mol. The Balaban J connectivity index is 1.87. The Morgan fingerprint density at radius 1 is 1.08 bits per heavy atom. The van der Waals surface area contributed by atoms with E-state index >= 15 is 0 Å². The molecular formula is C18H17F2NO3S. The SMILES string of the molecule is CC(C)OC(=O)c1ccc(NC(=O)CSc2ccc(F)c(F)c2)cc1. The van der Waals surface area contributed by atoms with Crippen molar-refractivity contribution >= 4 is 29.3 Å². The molecule has 0 aliphatic heterocycles. The van der Waals surface area contributed by atoms with Crippen LogP contribution in [-0.4, -0.2) is 23.7 Å². The van der Waals surface area contributed by atoms with Crippen LogP contribution in [0.15, 0.2) is 47.4 Å². The topological polar surface area (TPSA) is 55.4 Å². The number of carbonyl (C=O) groups is 2. The van der Waals surface area contributed by atoms with E-state index in [1.54, 1.807) is 38.1 Å². The number of amides is 1. The van der Waals surface area contributed by atoms with E-state index in [1.807, 2.05) is 0 Å². The smallest absolute Gasteiger partial charge is 0.338 e. The quantitative estimate of drug-likeness (QED) is 0.614. The molecule has 0 aliphatic carbocycles. The zero-order chi connectivity index (χ0) is 18.4. The maximum Gasteiger partial charge on any atom is 0.338 e. The lowest BCUT2D eigenvalue weighted by Gasteiger charge is -2.09. The van der Waals surface area contributed by atoms with Gasteiger partial charge in [0.05, 0.1) is 17.4 Å². The van der Waals surface area contributed by atoms with E-state index < -0.39 is 17.6 Å². The van der Waals surface area contributed by atoms with Crippen LogP contribution < -0.4 is 5.32 Å². The van der Waals surface area contributed by atoms with Crippen molar-refractivity contribution in [1.82, 2.24) is 0 Å². The van der Waals surface area contributed by atoms with Crippen molar-refractivity contribution in [1.29, 1.82) is 0 Å². The largest absolute Gasteiger partial charge is 0.459 e. The van der Waals surface area contributed by atoms with Crippen LogP contribution in [0.2, 0.25) is 0 Å². The van der Waals surface area contributed by atoms with Crippen LogP contribution in [0.4, 0.5) is 14.5 Å². The number of ether oxygens (including phenoxy) is 1. The fourth-order valence-electron chi connectivity index (χ4n) is 1.88. The lowest BCUT2D eigenvalue weighted by molar-refractivity contribution is -0.113. The number of hydrogen-bond acceptors (Lipinski definition) is 4. The highest BCUT2D eigenvalue weighted by atomic mass is 32.2. The molecule has 0 aliphatic rings. The molecule has 0 radical (unpaired) electrons. The Hall–Kier alpha value is -2.41. The lowest BCUT2D eigenvalue weighted by atomic mass is 10.2. The van der Waals surface area contributed by atoms with Crippen LogP contribution in [-0.2, 0) is 9.53 Å². The van der Waals surface area contributed by atoms with Gasteiger partial charge in [0.15, 0.2) is 11.6 Å². The summed E-state index contributed by atoms with van der Waals surface area (Å²) in [5.41, 5.74) is 0.917. The number of thioether (sulfide) groups is 1. The molecule has 0 saturated heterocycles. The van der Waals surface area contributed by atoms with Gasteiger partial charge in [-0.25, -0.2) is 13.6 Å². The Bertz CT molecular complexity index is 763. The lowest BCUT2D eigenvalue weighted by Crippen LogP contribution is -2.14. The molecule has 1 N–H and O–H groups in total. The van der Waals surface area contributed by atoms with Gasteiger partial charge in [-0.1, -0.05) is 0 Å². The summed E-state index contributed by atoms with van der Waals surface area (Å²) < 4.78 is 31.0. The highest BCUT2D eigenvalue weighted by Crippen LogP contribution is 2.21. The average Bonchev–Trinajstić information content (AvgIpc) is 2.56. The van der Waals surface area contributed by atoms with Gasteiger partial charge in [0, 0.05) is 10.6 Å². The van der Waals surface area contributed by atoms with Gasteiger partial charge in [-0.2, -0.15) is 0 Å². The maximum absolute atomic E-state index is 13.1. The van der Waals surface area contributed by atoms with E-state index in [4.69, 9.17) is 4.74 Å².